The average molecular weight is 548 g/mol. The van der Waals surface area contributed by atoms with Gasteiger partial charge in [0.2, 0.25) is 5.95 Å². The molecular formula is C22H23FN7O5PS. The summed E-state index contributed by atoms with van der Waals surface area (Å²) < 4.78 is 27.4. The highest BCUT2D eigenvalue weighted by Gasteiger charge is 2.32. The zero-order chi connectivity index (χ0) is 25.9. The first-order valence-corrected chi connectivity index (χ1v) is 13.4. The molecule has 0 spiro atoms. The number of pyridine rings is 1. The number of amides is 1. The lowest BCUT2D eigenvalue weighted by molar-refractivity contribution is -0.0226. The molecule has 0 atom stereocenters. The van der Waals surface area contributed by atoms with Crippen LogP contribution < -0.4 is 5.32 Å². The van der Waals surface area contributed by atoms with Crippen LogP contribution in [0.3, 0.4) is 0 Å². The summed E-state index contributed by atoms with van der Waals surface area (Å²) in [6, 6.07) is 4.52. The summed E-state index contributed by atoms with van der Waals surface area (Å²) in [7, 11) is -2.49. The normalized spacial score (nSPS) is 17.2. The van der Waals surface area contributed by atoms with Crippen LogP contribution in [0.15, 0.2) is 42.2 Å². The number of ether oxygens (including phenoxy) is 1. The van der Waals surface area contributed by atoms with Crippen molar-refractivity contribution in [1.82, 2.24) is 29.5 Å². The van der Waals surface area contributed by atoms with Gasteiger partial charge in [0.05, 0.1) is 29.7 Å². The molecule has 15 heteroatoms. The first-order valence-electron chi connectivity index (χ1n) is 11.3. The molecule has 5 rings (SSSR count). The van der Waals surface area contributed by atoms with Crippen LogP contribution in [-0.4, -0.2) is 57.9 Å². The van der Waals surface area contributed by atoms with E-state index >= 15 is 0 Å². The van der Waals surface area contributed by atoms with Gasteiger partial charge in [-0.1, -0.05) is 6.07 Å². The highest BCUT2D eigenvalue weighted by molar-refractivity contribution is 7.39. The highest BCUT2D eigenvalue weighted by atomic mass is 32.1. The number of aromatic nitrogens is 6. The van der Waals surface area contributed by atoms with Crippen molar-refractivity contribution in [1.29, 1.82) is 0 Å². The Kier molecular flexibility index (Phi) is 7.65. The number of hydrogen-bond donors (Lipinski definition) is 3. The van der Waals surface area contributed by atoms with Crippen LogP contribution in [0.4, 0.5) is 10.1 Å². The number of hydrogen-bond acceptors (Lipinski definition) is 10. The van der Waals surface area contributed by atoms with Gasteiger partial charge in [-0.25, -0.2) is 14.6 Å². The van der Waals surface area contributed by atoms with E-state index in [-0.39, 0.29) is 24.6 Å². The van der Waals surface area contributed by atoms with Gasteiger partial charge in [0.15, 0.2) is 0 Å². The number of nitrogens with zero attached hydrogens (tertiary/aromatic N) is 6. The second-order valence-electron chi connectivity index (χ2n) is 8.19. The van der Waals surface area contributed by atoms with Crippen LogP contribution in [0.1, 0.15) is 36.3 Å². The second kappa shape index (κ2) is 11.1. The van der Waals surface area contributed by atoms with E-state index in [0.29, 0.717) is 34.3 Å². The van der Waals surface area contributed by atoms with Crippen molar-refractivity contribution < 1.29 is 28.2 Å². The predicted octanol–water partition coefficient (Wildman–Crippen LogP) is 3.58. The molecule has 0 unspecified atom stereocenters. The predicted molar refractivity (Wildman–Crippen MR) is 133 cm³/mol. The summed E-state index contributed by atoms with van der Waals surface area (Å²) >= 11 is 1.25. The molecule has 3 N–H and O–H groups in total. The number of rotatable bonds is 10. The SMILES string of the molecule is CCOC1CC(n2cc(NC(=O)c3csc(-c4cnn(COP(O)O)c4)n3)c(-c3cccc(F)n3)n2)C1. The van der Waals surface area contributed by atoms with Crippen molar-refractivity contribution in [3.05, 3.63) is 53.8 Å². The summed E-state index contributed by atoms with van der Waals surface area (Å²) in [4.78, 5) is 39.2. The summed E-state index contributed by atoms with van der Waals surface area (Å²) in [6.07, 6.45) is 6.64. The molecule has 0 radical (unpaired) electrons. The highest BCUT2D eigenvalue weighted by Crippen LogP contribution is 2.37. The minimum atomic E-state index is -2.49. The van der Waals surface area contributed by atoms with Crippen molar-refractivity contribution in [2.75, 3.05) is 11.9 Å². The second-order valence-corrected chi connectivity index (χ2v) is 9.81. The number of carbonyl (C=O) groups excluding carboxylic acids is 1. The number of thiazole rings is 1. The molecule has 4 aromatic rings. The fraction of sp³-hybridized carbons (Fsp3) is 0.318. The number of carbonyl (C=O) groups is 1. The van der Waals surface area contributed by atoms with Crippen molar-refractivity contribution in [2.45, 2.75) is 38.6 Å². The first-order chi connectivity index (χ1) is 17.9. The van der Waals surface area contributed by atoms with E-state index in [9.17, 15) is 9.18 Å². The molecule has 1 aliphatic carbocycles. The number of anilines is 1. The molecule has 37 heavy (non-hydrogen) atoms. The lowest BCUT2D eigenvalue weighted by atomic mass is 9.89. The monoisotopic (exact) mass is 547 g/mol. The van der Waals surface area contributed by atoms with Gasteiger partial charge in [-0.3, -0.25) is 14.0 Å². The third-order valence-electron chi connectivity index (χ3n) is 5.71. The lowest BCUT2D eigenvalue weighted by Crippen LogP contribution is -2.33. The molecule has 0 saturated heterocycles. The van der Waals surface area contributed by atoms with Crippen LogP contribution in [-0.2, 0) is 16.0 Å². The Balaban J connectivity index is 1.34. The quantitative estimate of drug-likeness (QED) is 0.200. The average Bonchev–Trinajstić information content (AvgIpc) is 3.59. The van der Waals surface area contributed by atoms with Crippen LogP contribution >= 0.6 is 19.9 Å². The maximum Gasteiger partial charge on any atom is 0.328 e. The van der Waals surface area contributed by atoms with E-state index in [0.717, 1.165) is 12.8 Å². The Morgan fingerprint density at radius 2 is 2.14 bits per heavy atom. The van der Waals surface area contributed by atoms with E-state index in [1.807, 2.05) is 6.92 Å². The summed E-state index contributed by atoms with van der Waals surface area (Å²) in [5.74, 6) is -1.10. The van der Waals surface area contributed by atoms with Crippen molar-refractivity contribution >= 4 is 31.5 Å². The Bertz CT molecular complexity index is 1390. The van der Waals surface area contributed by atoms with Crippen LogP contribution in [0.25, 0.3) is 22.0 Å². The van der Waals surface area contributed by atoms with Gasteiger partial charge < -0.3 is 19.8 Å². The Hall–Kier alpha value is -3.13. The van der Waals surface area contributed by atoms with Crippen LogP contribution in [0, 0.1) is 5.95 Å². The maximum atomic E-state index is 13.8. The molecule has 0 bridgehead atoms. The van der Waals surface area contributed by atoms with Gasteiger partial charge in [0.1, 0.15) is 23.1 Å². The molecule has 1 amide bonds. The van der Waals surface area contributed by atoms with Crippen molar-refractivity contribution in [3.8, 4) is 22.0 Å². The van der Waals surface area contributed by atoms with Gasteiger partial charge in [0, 0.05) is 29.9 Å². The smallest absolute Gasteiger partial charge is 0.328 e. The van der Waals surface area contributed by atoms with Gasteiger partial charge in [-0.05, 0) is 31.9 Å². The minimum absolute atomic E-state index is 0.106. The zero-order valence-corrected chi connectivity index (χ0v) is 21.3. The summed E-state index contributed by atoms with van der Waals surface area (Å²) in [5, 5.41) is 13.7. The third-order valence-corrected chi connectivity index (χ3v) is 6.94. The van der Waals surface area contributed by atoms with E-state index < -0.39 is 20.5 Å². The van der Waals surface area contributed by atoms with E-state index in [4.69, 9.17) is 19.0 Å². The molecule has 0 aromatic carbocycles. The standard InChI is InChI=1S/C22H23FN7O5PS/c1-2-34-15-6-14(7-15)30-10-17(20(28-30)16-4-3-5-19(23)25-16)26-21(31)18-11-37-22(27-18)13-8-24-29(9-13)12-35-36(32)33/h3-5,8-11,14-15,32-33H,2,6-7,12H2,1H3,(H,26,31). The Morgan fingerprint density at radius 1 is 1.30 bits per heavy atom. The maximum absolute atomic E-state index is 13.8. The van der Waals surface area contributed by atoms with Gasteiger partial charge in [-0.2, -0.15) is 14.6 Å². The first kappa shape index (κ1) is 25.5. The van der Waals surface area contributed by atoms with Crippen molar-refractivity contribution in [3.63, 3.8) is 0 Å². The lowest BCUT2D eigenvalue weighted by Gasteiger charge is -2.34. The number of halogens is 1. The minimum Gasteiger partial charge on any atom is -0.378 e. The van der Waals surface area contributed by atoms with Crippen LogP contribution in [0.5, 0.6) is 0 Å². The van der Waals surface area contributed by atoms with Gasteiger partial charge >= 0.3 is 8.60 Å². The van der Waals surface area contributed by atoms with Gasteiger partial charge in [0.25, 0.3) is 5.91 Å². The van der Waals surface area contributed by atoms with E-state index in [1.165, 1.54) is 34.3 Å². The molecule has 0 aliphatic heterocycles. The van der Waals surface area contributed by atoms with Gasteiger partial charge in [-0.15, -0.1) is 11.3 Å². The molecule has 4 heterocycles. The molecule has 1 saturated carbocycles. The van der Waals surface area contributed by atoms with E-state index in [2.05, 4.69) is 25.5 Å². The fourth-order valence-electron chi connectivity index (χ4n) is 3.88. The molecule has 1 fully saturated rings. The summed E-state index contributed by atoms with van der Waals surface area (Å²) in [5.41, 5.74) is 1.88. The molecule has 1 aliphatic rings. The number of nitrogens with one attached hydrogen (secondary N) is 1. The molecule has 194 valence electrons. The van der Waals surface area contributed by atoms with E-state index in [1.54, 1.807) is 28.5 Å². The molecular weight excluding hydrogens is 524 g/mol. The van der Waals surface area contributed by atoms with Crippen LogP contribution in [0.2, 0.25) is 0 Å². The molecule has 12 nitrogen and oxygen atoms in total. The topological polar surface area (TPSA) is 149 Å². The summed E-state index contributed by atoms with van der Waals surface area (Å²) in [6.45, 7) is 2.47. The third kappa shape index (κ3) is 5.90. The van der Waals surface area contributed by atoms with Crippen molar-refractivity contribution in [2.24, 2.45) is 0 Å². The Labute approximate surface area is 215 Å². The molecule has 4 aromatic heterocycles. The zero-order valence-electron chi connectivity index (χ0n) is 19.6. The fourth-order valence-corrected chi connectivity index (χ4v) is 4.87. The Morgan fingerprint density at radius 3 is 2.89 bits per heavy atom. The largest absolute Gasteiger partial charge is 0.378 e.